The summed E-state index contributed by atoms with van der Waals surface area (Å²) in [6.45, 7) is 8.65. The van der Waals surface area contributed by atoms with Crippen molar-refractivity contribution in [2.45, 2.75) is 65.5 Å². The number of aryl methyl sites for hydroxylation is 1. The fraction of sp³-hybridized carbons (Fsp3) is 0.684. The Morgan fingerprint density at radius 2 is 2.04 bits per heavy atom. The smallest absolute Gasteiger partial charge is 0.325 e. The fourth-order valence-electron chi connectivity index (χ4n) is 4.01. The highest BCUT2D eigenvalue weighted by Gasteiger charge is 2.53. The van der Waals surface area contributed by atoms with Crippen LogP contribution in [0.4, 0.5) is 4.79 Å². The van der Waals surface area contributed by atoms with E-state index in [0.29, 0.717) is 25.3 Å². The molecule has 8 heteroatoms. The predicted molar refractivity (Wildman–Crippen MR) is 103 cm³/mol. The molecule has 148 valence electrons. The van der Waals surface area contributed by atoms with Crippen molar-refractivity contribution in [3.8, 4) is 0 Å². The van der Waals surface area contributed by atoms with Gasteiger partial charge < -0.3 is 10.6 Å². The summed E-state index contributed by atoms with van der Waals surface area (Å²) < 4.78 is 0. The number of carbonyl (C=O) groups excluding carboxylic acids is 3. The predicted octanol–water partition coefficient (Wildman–Crippen LogP) is 2.59. The SMILES string of the molecule is Cc1ncc(CNC(=O)CN2C(=O)NC3(CCC(C(C)(C)C)CC3)C2=O)s1. The molecule has 2 heterocycles. The average Bonchev–Trinajstić information content (AvgIpc) is 3.10. The lowest BCUT2D eigenvalue weighted by atomic mass is 9.67. The number of rotatable bonds is 4. The Morgan fingerprint density at radius 1 is 1.37 bits per heavy atom. The number of thiazole rings is 1. The third-order valence-corrected chi connectivity index (χ3v) is 6.65. The Morgan fingerprint density at radius 3 is 2.59 bits per heavy atom. The molecule has 0 unspecified atom stereocenters. The second kappa shape index (κ2) is 7.22. The minimum atomic E-state index is -0.825. The number of nitrogens with one attached hydrogen (secondary N) is 2. The number of aromatic nitrogens is 1. The first-order chi connectivity index (χ1) is 12.6. The van der Waals surface area contributed by atoms with Gasteiger partial charge in [-0.05, 0) is 43.9 Å². The number of imide groups is 1. The zero-order chi connectivity index (χ0) is 19.8. The molecule has 1 saturated carbocycles. The molecule has 1 saturated heterocycles. The molecule has 1 aromatic rings. The summed E-state index contributed by atoms with van der Waals surface area (Å²) in [5.74, 6) is -0.0679. The lowest BCUT2D eigenvalue weighted by Crippen LogP contribution is -2.51. The van der Waals surface area contributed by atoms with Gasteiger partial charge >= 0.3 is 6.03 Å². The van der Waals surface area contributed by atoms with Gasteiger partial charge in [-0.1, -0.05) is 20.8 Å². The molecule has 1 aliphatic carbocycles. The highest BCUT2D eigenvalue weighted by molar-refractivity contribution is 7.11. The molecule has 27 heavy (non-hydrogen) atoms. The number of urea groups is 1. The van der Waals surface area contributed by atoms with Crippen LogP contribution in [0.2, 0.25) is 0 Å². The topological polar surface area (TPSA) is 91.4 Å². The Hall–Kier alpha value is -1.96. The van der Waals surface area contributed by atoms with E-state index in [1.807, 2.05) is 6.92 Å². The quantitative estimate of drug-likeness (QED) is 0.771. The molecule has 0 bridgehead atoms. The zero-order valence-electron chi connectivity index (χ0n) is 16.4. The van der Waals surface area contributed by atoms with E-state index in [1.165, 1.54) is 11.3 Å². The number of amides is 4. The molecule has 3 rings (SSSR count). The second-order valence-corrected chi connectivity index (χ2v) is 9.99. The van der Waals surface area contributed by atoms with Crippen LogP contribution in [0.15, 0.2) is 6.20 Å². The molecule has 7 nitrogen and oxygen atoms in total. The Kier molecular flexibility index (Phi) is 5.29. The van der Waals surface area contributed by atoms with Crippen LogP contribution in [0.1, 0.15) is 56.3 Å². The highest BCUT2D eigenvalue weighted by Crippen LogP contribution is 2.43. The minimum Gasteiger partial charge on any atom is -0.350 e. The molecule has 2 fully saturated rings. The van der Waals surface area contributed by atoms with E-state index in [9.17, 15) is 14.4 Å². The molecule has 4 amide bonds. The first-order valence-electron chi connectivity index (χ1n) is 9.43. The monoisotopic (exact) mass is 392 g/mol. The van der Waals surface area contributed by atoms with Crippen LogP contribution in [0.25, 0.3) is 0 Å². The van der Waals surface area contributed by atoms with E-state index < -0.39 is 11.6 Å². The van der Waals surface area contributed by atoms with Gasteiger partial charge in [0, 0.05) is 11.1 Å². The molecule has 2 N–H and O–H groups in total. The van der Waals surface area contributed by atoms with Crippen LogP contribution in [0.5, 0.6) is 0 Å². The van der Waals surface area contributed by atoms with Crippen LogP contribution in [0, 0.1) is 18.3 Å². The summed E-state index contributed by atoms with van der Waals surface area (Å²) in [5.41, 5.74) is -0.629. The van der Waals surface area contributed by atoms with Crippen molar-refractivity contribution in [1.82, 2.24) is 20.5 Å². The summed E-state index contributed by atoms with van der Waals surface area (Å²) in [4.78, 5) is 43.6. The maximum atomic E-state index is 12.9. The van der Waals surface area contributed by atoms with Crippen LogP contribution in [-0.2, 0) is 16.1 Å². The Balaban J connectivity index is 1.57. The van der Waals surface area contributed by atoms with Crippen LogP contribution < -0.4 is 10.6 Å². The van der Waals surface area contributed by atoms with E-state index in [1.54, 1.807) is 6.20 Å². The highest BCUT2D eigenvalue weighted by atomic mass is 32.1. The summed E-state index contributed by atoms with van der Waals surface area (Å²) >= 11 is 1.51. The lowest BCUT2D eigenvalue weighted by Gasteiger charge is -2.40. The summed E-state index contributed by atoms with van der Waals surface area (Å²) in [7, 11) is 0. The van der Waals surface area contributed by atoms with Crippen molar-refractivity contribution in [3.05, 3.63) is 16.1 Å². The van der Waals surface area contributed by atoms with E-state index in [0.717, 1.165) is 27.6 Å². The van der Waals surface area contributed by atoms with Crippen LogP contribution >= 0.6 is 11.3 Å². The van der Waals surface area contributed by atoms with E-state index in [2.05, 4.69) is 36.4 Å². The molecule has 0 aromatic carbocycles. The van der Waals surface area contributed by atoms with Crippen molar-refractivity contribution in [2.24, 2.45) is 11.3 Å². The molecule has 1 aliphatic heterocycles. The molecule has 0 radical (unpaired) electrons. The third-order valence-electron chi connectivity index (χ3n) is 5.74. The summed E-state index contributed by atoms with van der Waals surface area (Å²) in [6, 6.07) is -0.460. The Bertz CT molecular complexity index is 744. The van der Waals surface area contributed by atoms with Gasteiger partial charge in [0.1, 0.15) is 12.1 Å². The number of hydrogen-bond donors (Lipinski definition) is 2. The van der Waals surface area contributed by atoms with Gasteiger partial charge in [-0.25, -0.2) is 9.78 Å². The summed E-state index contributed by atoms with van der Waals surface area (Å²) in [6.07, 6.45) is 4.80. The van der Waals surface area contributed by atoms with E-state index in [4.69, 9.17) is 0 Å². The van der Waals surface area contributed by atoms with Gasteiger partial charge in [-0.3, -0.25) is 14.5 Å². The van der Waals surface area contributed by atoms with Gasteiger partial charge in [0.2, 0.25) is 5.91 Å². The van der Waals surface area contributed by atoms with Crippen LogP contribution in [0.3, 0.4) is 0 Å². The maximum Gasteiger partial charge on any atom is 0.325 e. The van der Waals surface area contributed by atoms with Gasteiger partial charge in [0.25, 0.3) is 5.91 Å². The maximum absolute atomic E-state index is 12.9. The molecule has 1 spiro atoms. The van der Waals surface area contributed by atoms with Crippen molar-refractivity contribution >= 4 is 29.2 Å². The minimum absolute atomic E-state index is 0.196. The molecular formula is C19H28N4O3S. The van der Waals surface area contributed by atoms with Crippen LogP contribution in [-0.4, -0.2) is 39.8 Å². The number of carbonyl (C=O) groups is 3. The van der Waals surface area contributed by atoms with Crippen molar-refractivity contribution in [2.75, 3.05) is 6.54 Å². The van der Waals surface area contributed by atoms with Gasteiger partial charge in [-0.2, -0.15) is 0 Å². The first-order valence-corrected chi connectivity index (χ1v) is 10.2. The fourth-order valence-corrected chi connectivity index (χ4v) is 4.74. The van der Waals surface area contributed by atoms with Gasteiger partial charge in [0.15, 0.2) is 0 Å². The molecule has 0 atom stereocenters. The van der Waals surface area contributed by atoms with Crippen molar-refractivity contribution in [1.29, 1.82) is 0 Å². The summed E-state index contributed by atoms with van der Waals surface area (Å²) in [5, 5.41) is 6.56. The van der Waals surface area contributed by atoms with E-state index in [-0.39, 0.29) is 23.8 Å². The molecule has 2 aliphatic rings. The molecular weight excluding hydrogens is 364 g/mol. The van der Waals surface area contributed by atoms with Gasteiger partial charge in [0.05, 0.1) is 11.6 Å². The van der Waals surface area contributed by atoms with Gasteiger partial charge in [-0.15, -0.1) is 11.3 Å². The first kappa shape index (κ1) is 19.8. The number of nitrogens with zero attached hydrogens (tertiary/aromatic N) is 2. The lowest BCUT2D eigenvalue weighted by molar-refractivity contribution is -0.136. The van der Waals surface area contributed by atoms with Crippen molar-refractivity contribution < 1.29 is 14.4 Å². The number of hydrogen-bond acceptors (Lipinski definition) is 5. The molecule has 1 aromatic heterocycles. The Labute approximate surface area is 163 Å². The average molecular weight is 393 g/mol. The third kappa shape index (κ3) is 4.15. The largest absolute Gasteiger partial charge is 0.350 e. The zero-order valence-corrected chi connectivity index (χ0v) is 17.2. The second-order valence-electron chi connectivity index (χ2n) is 8.67. The normalized spacial score (nSPS) is 25.8. The van der Waals surface area contributed by atoms with E-state index >= 15 is 0 Å². The standard InChI is InChI=1S/C19H28N4O3S/c1-12-20-9-14(27-12)10-21-15(24)11-23-16(25)19(22-17(23)26)7-5-13(6-8-19)18(2,3)4/h9,13H,5-8,10-11H2,1-4H3,(H,21,24)(H,22,26). The van der Waals surface area contributed by atoms with Crippen molar-refractivity contribution in [3.63, 3.8) is 0 Å².